The molecular weight excluding hydrogens is 283 g/mol. The molecule has 5 nitrogen and oxygen atoms in total. The first-order valence-electron chi connectivity index (χ1n) is 6.55. The standard InChI is InChI=1S/C13H21FN2O3S/c1-3-10(4-2)16(7-8-17)13-6-5-11(9-12(13)14)20(15,18)19/h5-6,9-10,17H,3-4,7-8H2,1-2H3,(H2,15,18,19). The first-order chi connectivity index (χ1) is 9.35. The molecule has 1 aromatic carbocycles. The molecule has 0 aliphatic heterocycles. The average molecular weight is 304 g/mol. The number of hydrogen-bond donors (Lipinski definition) is 2. The normalized spacial score (nSPS) is 11.9. The van der Waals surface area contributed by atoms with Gasteiger partial charge in [0.2, 0.25) is 10.0 Å². The smallest absolute Gasteiger partial charge is 0.238 e. The summed E-state index contributed by atoms with van der Waals surface area (Å²) in [6.45, 7) is 4.15. The highest BCUT2D eigenvalue weighted by Gasteiger charge is 2.20. The maximum atomic E-state index is 14.1. The number of hydrogen-bond acceptors (Lipinski definition) is 4. The van der Waals surface area contributed by atoms with Crippen LogP contribution in [0, 0.1) is 5.82 Å². The molecule has 0 unspecified atom stereocenters. The van der Waals surface area contributed by atoms with E-state index in [1.165, 1.54) is 12.1 Å². The van der Waals surface area contributed by atoms with Crippen molar-refractivity contribution in [2.45, 2.75) is 37.6 Å². The van der Waals surface area contributed by atoms with E-state index >= 15 is 0 Å². The average Bonchev–Trinajstić information content (AvgIpc) is 2.38. The van der Waals surface area contributed by atoms with E-state index in [-0.39, 0.29) is 29.8 Å². The van der Waals surface area contributed by atoms with Gasteiger partial charge in [-0.3, -0.25) is 0 Å². The third kappa shape index (κ3) is 3.91. The van der Waals surface area contributed by atoms with Crippen LogP contribution in [0.3, 0.4) is 0 Å². The quantitative estimate of drug-likeness (QED) is 0.799. The molecule has 1 aromatic rings. The zero-order chi connectivity index (χ0) is 15.3. The Labute approximate surface area is 119 Å². The summed E-state index contributed by atoms with van der Waals surface area (Å²) in [5.74, 6) is -0.656. The van der Waals surface area contributed by atoms with Crippen molar-refractivity contribution < 1.29 is 17.9 Å². The summed E-state index contributed by atoms with van der Waals surface area (Å²) < 4.78 is 36.5. The van der Waals surface area contributed by atoms with Crippen molar-refractivity contribution in [3.05, 3.63) is 24.0 Å². The van der Waals surface area contributed by atoms with E-state index in [4.69, 9.17) is 10.2 Å². The molecule has 0 heterocycles. The molecule has 0 spiro atoms. The minimum atomic E-state index is -3.92. The SMILES string of the molecule is CCC(CC)N(CCO)c1ccc(S(N)(=O)=O)cc1F. The van der Waals surface area contributed by atoms with Crippen molar-refractivity contribution in [3.63, 3.8) is 0 Å². The van der Waals surface area contributed by atoms with Gasteiger partial charge in [-0.25, -0.2) is 17.9 Å². The second kappa shape index (κ2) is 7.01. The van der Waals surface area contributed by atoms with E-state index in [0.717, 1.165) is 18.9 Å². The molecule has 0 aromatic heterocycles. The number of aliphatic hydroxyl groups excluding tert-OH is 1. The number of aliphatic hydroxyl groups is 1. The number of nitrogens with zero attached hydrogens (tertiary/aromatic N) is 1. The van der Waals surface area contributed by atoms with Crippen molar-refractivity contribution in [2.75, 3.05) is 18.1 Å². The minimum absolute atomic E-state index is 0.0805. The molecule has 1 rings (SSSR count). The van der Waals surface area contributed by atoms with Gasteiger partial charge in [0.05, 0.1) is 17.2 Å². The zero-order valence-electron chi connectivity index (χ0n) is 11.7. The second-order valence-corrected chi connectivity index (χ2v) is 6.11. The number of nitrogens with two attached hydrogens (primary N) is 1. The van der Waals surface area contributed by atoms with E-state index in [0.29, 0.717) is 0 Å². The molecule has 0 fully saturated rings. The molecule has 114 valence electrons. The van der Waals surface area contributed by atoms with Crippen LogP contribution in [-0.4, -0.2) is 32.7 Å². The Balaban J connectivity index is 3.21. The molecule has 0 atom stereocenters. The summed E-state index contributed by atoms with van der Waals surface area (Å²) in [5.41, 5.74) is 0.278. The highest BCUT2D eigenvalue weighted by atomic mass is 32.2. The fourth-order valence-corrected chi connectivity index (χ4v) is 2.76. The topological polar surface area (TPSA) is 83.6 Å². The van der Waals surface area contributed by atoms with Gasteiger partial charge in [-0.05, 0) is 31.0 Å². The molecule has 20 heavy (non-hydrogen) atoms. The number of rotatable bonds is 7. The second-order valence-electron chi connectivity index (χ2n) is 4.55. The number of primary sulfonamides is 1. The van der Waals surface area contributed by atoms with Crippen molar-refractivity contribution in [1.82, 2.24) is 0 Å². The fourth-order valence-electron chi connectivity index (χ4n) is 2.23. The first kappa shape index (κ1) is 16.9. The van der Waals surface area contributed by atoms with E-state index in [1.54, 1.807) is 4.90 Å². The van der Waals surface area contributed by atoms with Crippen LogP contribution in [0.1, 0.15) is 26.7 Å². The molecule has 0 saturated carbocycles. The maximum absolute atomic E-state index is 14.1. The molecule has 0 amide bonds. The lowest BCUT2D eigenvalue weighted by Gasteiger charge is -2.32. The molecule has 3 N–H and O–H groups in total. The van der Waals surface area contributed by atoms with Crippen molar-refractivity contribution in [3.8, 4) is 0 Å². The summed E-state index contributed by atoms with van der Waals surface area (Å²) in [7, 11) is -3.92. The number of anilines is 1. The van der Waals surface area contributed by atoms with Gasteiger partial charge < -0.3 is 10.0 Å². The number of halogens is 1. The van der Waals surface area contributed by atoms with Crippen LogP contribution in [0.2, 0.25) is 0 Å². The van der Waals surface area contributed by atoms with Gasteiger partial charge in [-0.15, -0.1) is 0 Å². The van der Waals surface area contributed by atoms with Crippen molar-refractivity contribution in [2.24, 2.45) is 5.14 Å². The Bertz CT molecular complexity index is 545. The van der Waals surface area contributed by atoms with Gasteiger partial charge in [-0.2, -0.15) is 0 Å². The molecular formula is C13H21FN2O3S. The molecule has 0 saturated heterocycles. The summed E-state index contributed by atoms with van der Waals surface area (Å²) in [5, 5.41) is 14.1. The van der Waals surface area contributed by atoms with Gasteiger partial charge >= 0.3 is 0 Å². The predicted molar refractivity (Wildman–Crippen MR) is 76.6 cm³/mol. The Morgan fingerprint density at radius 1 is 1.35 bits per heavy atom. The summed E-state index contributed by atoms with van der Waals surface area (Å²) >= 11 is 0. The van der Waals surface area contributed by atoms with Crippen LogP contribution in [0.15, 0.2) is 23.1 Å². The third-order valence-electron chi connectivity index (χ3n) is 3.28. The molecule has 0 aliphatic rings. The highest BCUT2D eigenvalue weighted by molar-refractivity contribution is 7.89. The van der Waals surface area contributed by atoms with Crippen molar-refractivity contribution >= 4 is 15.7 Å². The summed E-state index contributed by atoms with van der Waals surface area (Å²) in [6.07, 6.45) is 1.60. The molecule has 7 heteroatoms. The fraction of sp³-hybridized carbons (Fsp3) is 0.538. The van der Waals surface area contributed by atoms with Crippen LogP contribution in [-0.2, 0) is 10.0 Å². The third-order valence-corrected chi connectivity index (χ3v) is 4.19. The first-order valence-corrected chi connectivity index (χ1v) is 8.09. The molecule has 0 aliphatic carbocycles. The lowest BCUT2D eigenvalue weighted by molar-refractivity contribution is 0.295. The van der Waals surface area contributed by atoms with Gasteiger partial charge in [0.25, 0.3) is 0 Å². The summed E-state index contributed by atoms with van der Waals surface area (Å²) in [4.78, 5) is 1.50. The van der Waals surface area contributed by atoms with Crippen LogP contribution < -0.4 is 10.0 Å². The predicted octanol–water partition coefficient (Wildman–Crippen LogP) is 1.46. The molecule has 0 bridgehead atoms. The van der Waals surface area contributed by atoms with Crippen LogP contribution in [0.4, 0.5) is 10.1 Å². The largest absolute Gasteiger partial charge is 0.395 e. The number of sulfonamides is 1. The van der Waals surface area contributed by atoms with Crippen LogP contribution in [0.25, 0.3) is 0 Å². The van der Waals surface area contributed by atoms with Crippen LogP contribution in [0.5, 0.6) is 0 Å². The Kier molecular flexibility index (Phi) is 5.91. The van der Waals surface area contributed by atoms with E-state index in [9.17, 15) is 12.8 Å². The van der Waals surface area contributed by atoms with E-state index in [2.05, 4.69) is 0 Å². The van der Waals surface area contributed by atoms with E-state index in [1.807, 2.05) is 13.8 Å². The van der Waals surface area contributed by atoms with E-state index < -0.39 is 15.8 Å². The highest BCUT2D eigenvalue weighted by Crippen LogP contribution is 2.25. The van der Waals surface area contributed by atoms with Gasteiger partial charge in [0.1, 0.15) is 5.82 Å². The van der Waals surface area contributed by atoms with Crippen LogP contribution >= 0.6 is 0 Å². The van der Waals surface area contributed by atoms with Gasteiger partial charge in [-0.1, -0.05) is 13.8 Å². The monoisotopic (exact) mass is 304 g/mol. The maximum Gasteiger partial charge on any atom is 0.238 e. The summed E-state index contributed by atoms with van der Waals surface area (Å²) in [6, 6.07) is 3.66. The lowest BCUT2D eigenvalue weighted by Crippen LogP contribution is -2.37. The van der Waals surface area contributed by atoms with Gasteiger partial charge in [0.15, 0.2) is 0 Å². The molecule has 0 radical (unpaired) electrons. The Hall–Kier alpha value is -1.18. The minimum Gasteiger partial charge on any atom is -0.395 e. The number of benzene rings is 1. The van der Waals surface area contributed by atoms with Crippen molar-refractivity contribution in [1.29, 1.82) is 0 Å². The van der Waals surface area contributed by atoms with Gasteiger partial charge in [0, 0.05) is 12.6 Å². The Morgan fingerprint density at radius 2 is 1.95 bits per heavy atom. The zero-order valence-corrected chi connectivity index (χ0v) is 12.5. The lowest BCUT2D eigenvalue weighted by atomic mass is 10.1. The Morgan fingerprint density at radius 3 is 2.35 bits per heavy atom.